The Labute approximate surface area is 68.0 Å². The molecule has 0 heterocycles. The molecule has 0 saturated carbocycles. The number of halogens is 3. The Hall–Kier alpha value is -1.00. The maximum absolute atomic E-state index is 11.5. The van der Waals surface area contributed by atoms with Crippen molar-refractivity contribution in [3.05, 3.63) is 12.2 Å². The topological polar surface area (TPSA) is 26.3 Å². The van der Waals surface area contributed by atoms with Crippen LogP contribution < -0.4 is 0 Å². The molecule has 0 spiro atoms. The molecule has 0 aromatic carbocycles. The normalized spacial score (nSPS) is 12.5. The number of carbonyl (C=O) groups excluding carboxylic acids is 1. The smallest absolute Gasteiger partial charge is 0.410 e. The lowest BCUT2D eigenvalue weighted by Crippen LogP contribution is -2.10. The van der Waals surface area contributed by atoms with Crippen LogP contribution in [-0.2, 0) is 9.53 Å². The molecule has 0 bridgehead atoms. The standard InChI is InChI=1S/C7H9F3O2/c1-5(2)12-6(11)3-4-7(8,9)10/h3-5H,1-2H3/b4-3-. The summed E-state index contributed by atoms with van der Waals surface area (Å²) in [5.41, 5.74) is 0. The van der Waals surface area contributed by atoms with E-state index in [0.717, 1.165) is 0 Å². The summed E-state index contributed by atoms with van der Waals surface area (Å²) in [7, 11) is 0. The van der Waals surface area contributed by atoms with Crippen LogP contribution in [0.2, 0.25) is 0 Å². The Kier molecular flexibility index (Phi) is 3.79. The Morgan fingerprint density at radius 3 is 2.25 bits per heavy atom. The molecule has 0 amide bonds. The first-order chi connectivity index (χ1) is 5.31. The molecule has 12 heavy (non-hydrogen) atoms. The molecule has 0 radical (unpaired) electrons. The Balaban J connectivity index is 3.93. The van der Waals surface area contributed by atoms with Crippen molar-refractivity contribution >= 4 is 5.97 Å². The van der Waals surface area contributed by atoms with Crippen LogP contribution in [0.1, 0.15) is 13.8 Å². The fourth-order valence-electron chi connectivity index (χ4n) is 0.434. The van der Waals surface area contributed by atoms with Crippen molar-refractivity contribution in [3.8, 4) is 0 Å². The lowest BCUT2D eigenvalue weighted by atomic mass is 10.4. The molecule has 0 unspecified atom stereocenters. The number of ether oxygens (including phenoxy) is 1. The van der Waals surface area contributed by atoms with E-state index in [4.69, 9.17) is 0 Å². The Bertz CT molecular complexity index is 182. The van der Waals surface area contributed by atoms with E-state index < -0.39 is 18.2 Å². The van der Waals surface area contributed by atoms with E-state index in [9.17, 15) is 18.0 Å². The summed E-state index contributed by atoms with van der Waals surface area (Å²) in [4.78, 5) is 10.5. The van der Waals surface area contributed by atoms with Gasteiger partial charge in [0, 0.05) is 12.2 Å². The van der Waals surface area contributed by atoms with Crippen LogP contribution in [0, 0.1) is 0 Å². The molecule has 5 heteroatoms. The largest absolute Gasteiger partial charge is 0.460 e. The van der Waals surface area contributed by atoms with Gasteiger partial charge in [-0.25, -0.2) is 4.79 Å². The first-order valence-electron chi connectivity index (χ1n) is 3.28. The highest BCUT2D eigenvalue weighted by molar-refractivity contribution is 5.82. The third-order valence-corrected chi connectivity index (χ3v) is 0.760. The predicted molar refractivity (Wildman–Crippen MR) is 36.4 cm³/mol. The molecule has 0 aliphatic heterocycles. The van der Waals surface area contributed by atoms with Crippen LogP contribution >= 0.6 is 0 Å². The van der Waals surface area contributed by atoms with Crippen LogP contribution in [-0.4, -0.2) is 18.2 Å². The molecule has 0 aromatic heterocycles. The highest BCUT2D eigenvalue weighted by atomic mass is 19.4. The minimum Gasteiger partial charge on any atom is -0.460 e. The molecular formula is C7H9F3O2. The van der Waals surface area contributed by atoms with Crippen LogP contribution in [0.4, 0.5) is 13.2 Å². The number of esters is 1. The summed E-state index contributed by atoms with van der Waals surface area (Å²) in [5.74, 6) is -0.984. The van der Waals surface area contributed by atoms with Crippen molar-refractivity contribution in [1.82, 2.24) is 0 Å². The zero-order valence-electron chi connectivity index (χ0n) is 6.68. The predicted octanol–water partition coefficient (Wildman–Crippen LogP) is 2.06. The van der Waals surface area contributed by atoms with E-state index in [1.165, 1.54) is 0 Å². The van der Waals surface area contributed by atoms with E-state index in [2.05, 4.69) is 4.74 Å². The van der Waals surface area contributed by atoms with Crippen LogP contribution in [0.15, 0.2) is 12.2 Å². The van der Waals surface area contributed by atoms with Gasteiger partial charge in [-0.2, -0.15) is 13.2 Å². The van der Waals surface area contributed by atoms with Gasteiger partial charge in [0.1, 0.15) is 0 Å². The Morgan fingerprint density at radius 2 is 1.92 bits per heavy atom. The second-order valence-electron chi connectivity index (χ2n) is 2.36. The molecule has 2 nitrogen and oxygen atoms in total. The van der Waals surface area contributed by atoms with Gasteiger partial charge in [-0.15, -0.1) is 0 Å². The molecule has 0 aliphatic carbocycles. The minimum absolute atomic E-state index is 0.155. The summed E-state index contributed by atoms with van der Waals surface area (Å²) in [6.45, 7) is 3.11. The highest BCUT2D eigenvalue weighted by Gasteiger charge is 2.22. The van der Waals surface area contributed by atoms with Gasteiger partial charge in [-0.3, -0.25) is 0 Å². The van der Waals surface area contributed by atoms with Gasteiger partial charge >= 0.3 is 12.1 Å². The molecule has 0 aromatic rings. The van der Waals surface area contributed by atoms with Crippen molar-refractivity contribution in [2.24, 2.45) is 0 Å². The van der Waals surface area contributed by atoms with Crippen LogP contribution in [0.25, 0.3) is 0 Å². The van der Waals surface area contributed by atoms with E-state index in [1.54, 1.807) is 13.8 Å². The van der Waals surface area contributed by atoms with Crippen molar-refractivity contribution < 1.29 is 22.7 Å². The van der Waals surface area contributed by atoms with Crippen molar-refractivity contribution in [1.29, 1.82) is 0 Å². The summed E-state index contributed by atoms with van der Waals surface area (Å²) in [6.07, 6.45) is -4.66. The second-order valence-corrected chi connectivity index (χ2v) is 2.36. The van der Waals surface area contributed by atoms with E-state index in [-0.39, 0.29) is 6.08 Å². The number of carbonyl (C=O) groups is 1. The first-order valence-corrected chi connectivity index (χ1v) is 3.28. The van der Waals surface area contributed by atoms with E-state index in [0.29, 0.717) is 6.08 Å². The SMILES string of the molecule is CC(C)OC(=O)/C=C\C(F)(F)F. The quantitative estimate of drug-likeness (QED) is 0.482. The summed E-state index contributed by atoms with van der Waals surface area (Å²) >= 11 is 0. The zero-order chi connectivity index (χ0) is 9.78. The lowest BCUT2D eigenvalue weighted by Gasteiger charge is -2.04. The monoisotopic (exact) mass is 182 g/mol. The highest BCUT2D eigenvalue weighted by Crippen LogP contribution is 2.15. The maximum atomic E-state index is 11.5. The van der Waals surface area contributed by atoms with Gasteiger partial charge in [0.15, 0.2) is 0 Å². The van der Waals surface area contributed by atoms with Crippen molar-refractivity contribution in [2.45, 2.75) is 26.1 Å². The molecular weight excluding hydrogens is 173 g/mol. The van der Waals surface area contributed by atoms with Gasteiger partial charge in [-0.05, 0) is 13.8 Å². The third kappa shape index (κ3) is 7.11. The average molecular weight is 182 g/mol. The molecule has 0 saturated heterocycles. The van der Waals surface area contributed by atoms with Gasteiger partial charge in [0.25, 0.3) is 0 Å². The maximum Gasteiger partial charge on any atom is 0.410 e. The lowest BCUT2D eigenvalue weighted by molar-refractivity contribution is -0.142. The molecule has 0 aliphatic rings. The molecule has 70 valence electrons. The fourth-order valence-corrected chi connectivity index (χ4v) is 0.434. The number of rotatable bonds is 2. The number of alkyl halides is 3. The number of hydrogen-bond acceptors (Lipinski definition) is 2. The zero-order valence-corrected chi connectivity index (χ0v) is 6.68. The summed E-state index contributed by atoms with van der Waals surface area (Å²) < 4.78 is 38.8. The van der Waals surface area contributed by atoms with Gasteiger partial charge in [0.05, 0.1) is 6.10 Å². The fraction of sp³-hybridized carbons (Fsp3) is 0.571. The summed E-state index contributed by atoms with van der Waals surface area (Å²) in [5, 5.41) is 0. The molecule has 0 atom stereocenters. The molecule has 0 fully saturated rings. The second kappa shape index (κ2) is 4.13. The van der Waals surface area contributed by atoms with Crippen molar-refractivity contribution in [2.75, 3.05) is 0 Å². The van der Waals surface area contributed by atoms with E-state index >= 15 is 0 Å². The van der Waals surface area contributed by atoms with Gasteiger partial charge in [-0.1, -0.05) is 0 Å². The molecule has 0 rings (SSSR count). The van der Waals surface area contributed by atoms with Gasteiger partial charge < -0.3 is 4.74 Å². The summed E-state index contributed by atoms with van der Waals surface area (Å²) in [6, 6.07) is 0. The average Bonchev–Trinajstić information content (AvgIpc) is 1.80. The number of hydrogen-bond donors (Lipinski definition) is 0. The Morgan fingerprint density at radius 1 is 1.42 bits per heavy atom. The van der Waals surface area contributed by atoms with Crippen LogP contribution in [0.5, 0.6) is 0 Å². The third-order valence-electron chi connectivity index (χ3n) is 0.760. The van der Waals surface area contributed by atoms with Gasteiger partial charge in [0.2, 0.25) is 0 Å². The number of allylic oxidation sites excluding steroid dienone is 1. The van der Waals surface area contributed by atoms with Crippen LogP contribution in [0.3, 0.4) is 0 Å². The molecule has 0 N–H and O–H groups in total. The van der Waals surface area contributed by atoms with E-state index in [1.807, 2.05) is 0 Å². The van der Waals surface area contributed by atoms with Crippen molar-refractivity contribution in [3.63, 3.8) is 0 Å². The first kappa shape index (κ1) is 11.0. The minimum atomic E-state index is -4.46.